The van der Waals surface area contributed by atoms with Crippen molar-refractivity contribution < 1.29 is 35.8 Å². The van der Waals surface area contributed by atoms with Crippen LogP contribution in [-0.2, 0) is 9.47 Å². The van der Waals surface area contributed by atoms with Crippen LogP contribution in [-0.4, -0.2) is 30.9 Å². The van der Waals surface area contributed by atoms with E-state index in [0.717, 1.165) is 6.42 Å². The molecule has 1 saturated heterocycles. The van der Waals surface area contributed by atoms with Crippen LogP contribution in [0.5, 0.6) is 0 Å². The summed E-state index contributed by atoms with van der Waals surface area (Å²) in [6.45, 7) is 0.260. The summed E-state index contributed by atoms with van der Waals surface area (Å²) < 4.78 is 78.0. The average molecular weight is 304 g/mol. The van der Waals surface area contributed by atoms with Gasteiger partial charge < -0.3 is 9.47 Å². The maximum atomic E-state index is 12.4. The van der Waals surface area contributed by atoms with Crippen molar-refractivity contribution in [3.8, 4) is 0 Å². The van der Waals surface area contributed by atoms with Crippen LogP contribution in [0.1, 0.15) is 19.8 Å². The molecule has 3 aliphatic rings. The van der Waals surface area contributed by atoms with Crippen LogP contribution in [0.2, 0.25) is 0 Å². The van der Waals surface area contributed by atoms with E-state index in [-0.39, 0.29) is 19.4 Å². The molecule has 0 N–H and O–H groups in total. The Morgan fingerprint density at radius 3 is 2.05 bits per heavy atom. The molecule has 1 spiro atoms. The van der Waals surface area contributed by atoms with Crippen LogP contribution in [0.4, 0.5) is 26.3 Å². The van der Waals surface area contributed by atoms with Crippen LogP contribution in [0.3, 0.4) is 0 Å². The van der Waals surface area contributed by atoms with E-state index < -0.39 is 24.2 Å². The minimum atomic E-state index is -4.41. The van der Waals surface area contributed by atoms with E-state index in [1.54, 1.807) is 0 Å². The number of ether oxygens (including phenoxy) is 2. The molecule has 1 saturated carbocycles. The number of halogens is 6. The summed E-state index contributed by atoms with van der Waals surface area (Å²) in [6, 6.07) is 0. The van der Waals surface area contributed by atoms with Gasteiger partial charge >= 0.3 is 12.4 Å². The van der Waals surface area contributed by atoms with Crippen molar-refractivity contribution in [1.82, 2.24) is 0 Å². The van der Waals surface area contributed by atoms with Crippen molar-refractivity contribution in [3.05, 3.63) is 12.2 Å². The molecule has 20 heavy (non-hydrogen) atoms. The van der Waals surface area contributed by atoms with E-state index in [4.69, 9.17) is 9.47 Å². The van der Waals surface area contributed by atoms with E-state index in [9.17, 15) is 26.3 Å². The van der Waals surface area contributed by atoms with E-state index in [1.807, 2.05) is 6.08 Å². The minimum absolute atomic E-state index is 0.0721. The summed E-state index contributed by atoms with van der Waals surface area (Å²) in [5, 5.41) is 0. The van der Waals surface area contributed by atoms with E-state index in [0.29, 0.717) is 12.3 Å². The first-order chi connectivity index (χ1) is 9.00. The second kappa shape index (κ2) is 4.91. The fourth-order valence-corrected chi connectivity index (χ4v) is 2.87. The molecule has 1 heterocycles. The fraction of sp³-hybridized carbons (Fsp3) is 0.833. The largest absolute Gasteiger partial charge is 0.440 e. The maximum absolute atomic E-state index is 12.4. The van der Waals surface area contributed by atoms with Crippen molar-refractivity contribution in [1.29, 1.82) is 0 Å². The van der Waals surface area contributed by atoms with Crippen LogP contribution in [0.15, 0.2) is 12.2 Å². The molecule has 2 aliphatic carbocycles. The Bertz CT molecular complexity index is 382. The molecule has 1 aliphatic heterocycles. The maximum Gasteiger partial charge on any atom is 0.440 e. The van der Waals surface area contributed by atoms with Gasteiger partial charge in [-0.1, -0.05) is 12.2 Å². The zero-order chi connectivity index (χ0) is 15.2. The number of fused-ring (bicyclic) bond motifs is 3. The summed E-state index contributed by atoms with van der Waals surface area (Å²) in [5.74, 6) is 0.487. The standard InChI is InChI=1S/C10H11F3O2.C2H3F3/c11-10(12,13)8-14-5-9(15-8)4-6-1-2-7(9)3-6;1-2(3,4)5/h1-2,6-8H,3-5H2;1H3. The molecule has 0 aromatic rings. The number of allylic oxidation sites excluding steroid dienone is 1. The predicted octanol–water partition coefficient (Wildman–Crippen LogP) is 3.83. The third-order valence-electron chi connectivity index (χ3n) is 3.54. The first kappa shape index (κ1) is 15.6. The van der Waals surface area contributed by atoms with Crippen molar-refractivity contribution in [2.45, 2.75) is 44.0 Å². The zero-order valence-corrected chi connectivity index (χ0v) is 10.6. The van der Waals surface area contributed by atoms with Gasteiger partial charge in [0.05, 0.1) is 6.61 Å². The Hall–Kier alpha value is -0.760. The predicted molar refractivity (Wildman–Crippen MR) is 56.7 cm³/mol. The molecule has 0 aromatic carbocycles. The number of hydrogen-bond acceptors (Lipinski definition) is 2. The summed E-state index contributed by atoms with van der Waals surface area (Å²) in [4.78, 5) is 0. The van der Waals surface area contributed by atoms with Crippen molar-refractivity contribution in [3.63, 3.8) is 0 Å². The summed E-state index contributed by atoms with van der Waals surface area (Å²) in [6.07, 6.45) is -4.81. The normalized spacial score (nSPS) is 39.2. The highest BCUT2D eigenvalue weighted by Gasteiger charge is 2.59. The van der Waals surface area contributed by atoms with Gasteiger partial charge in [-0.15, -0.1) is 0 Å². The monoisotopic (exact) mass is 304 g/mol. The Kier molecular flexibility index (Phi) is 3.83. The first-order valence-electron chi connectivity index (χ1n) is 6.11. The van der Waals surface area contributed by atoms with Crippen LogP contribution in [0, 0.1) is 11.8 Å². The molecule has 2 fully saturated rings. The van der Waals surface area contributed by atoms with Gasteiger partial charge in [0, 0.05) is 12.8 Å². The van der Waals surface area contributed by atoms with Gasteiger partial charge in [0.2, 0.25) is 0 Å². The molecule has 0 amide bonds. The van der Waals surface area contributed by atoms with Crippen LogP contribution < -0.4 is 0 Å². The van der Waals surface area contributed by atoms with Gasteiger partial charge in [0.25, 0.3) is 6.29 Å². The van der Waals surface area contributed by atoms with E-state index >= 15 is 0 Å². The smallest absolute Gasteiger partial charge is 0.342 e. The summed E-state index contributed by atoms with van der Waals surface area (Å²) in [7, 11) is 0. The lowest BCUT2D eigenvalue weighted by Gasteiger charge is -2.29. The first-order valence-corrected chi connectivity index (χ1v) is 6.11. The highest BCUT2D eigenvalue weighted by molar-refractivity contribution is 5.18. The highest BCUT2D eigenvalue weighted by atomic mass is 19.4. The SMILES string of the molecule is CC(F)(F)F.FC(F)(F)C1OCC2(CC3C=CC2C3)O1. The van der Waals surface area contributed by atoms with Crippen LogP contribution in [0.25, 0.3) is 0 Å². The van der Waals surface area contributed by atoms with Gasteiger partial charge in [-0.05, 0) is 18.8 Å². The van der Waals surface area contributed by atoms with Gasteiger partial charge in [-0.2, -0.15) is 26.3 Å². The number of rotatable bonds is 0. The Labute approximate surface area is 111 Å². The molecule has 0 aromatic heterocycles. The second-order valence-electron chi connectivity index (χ2n) is 5.34. The average Bonchev–Trinajstić information content (AvgIpc) is 2.89. The summed E-state index contributed by atoms with van der Waals surface area (Å²) in [5.41, 5.74) is -0.695. The molecule has 0 radical (unpaired) electrons. The van der Waals surface area contributed by atoms with Crippen molar-refractivity contribution >= 4 is 0 Å². The van der Waals surface area contributed by atoms with Crippen molar-refractivity contribution in [2.24, 2.45) is 11.8 Å². The van der Waals surface area contributed by atoms with Crippen LogP contribution >= 0.6 is 0 Å². The lowest BCUT2D eigenvalue weighted by molar-refractivity contribution is -0.285. The lowest BCUT2D eigenvalue weighted by atomic mass is 9.89. The Morgan fingerprint density at radius 2 is 1.70 bits per heavy atom. The van der Waals surface area contributed by atoms with Gasteiger partial charge in [-0.3, -0.25) is 0 Å². The zero-order valence-electron chi connectivity index (χ0n) is 10.6. The van der Waals surface area contributed by atoms with Gasteiger partial charge in [0.15, 0.2) is 0 Å². The fourth-order valence-electron chi connectivity index (χ4n) is 2.87. The summed E-state index contributed by atoms with van der Waals surface area (Å²) >= 11 is 0. The van der Waals surface area contributed by atoms with Crippen molar-refractivity contribution in [2.75, 3.05) is 6.61 Å². The van der Waals surface area contributed by atoms with Gasteiger partial charge in [0.1, 0.15) is 5.60 Å². The third-order valence-corrected chi connectivity index (χ3v) is 3.54. The molecule has 4 atom stereocenters. The Balaban J connectivity index is 0.000000257. The molecular weight excluding hydrogens is 290 g/mol. The Morgan fingerprint density at radius 1 is 1.10 bits per heavy atom. The molecular formula is C12H14F6O2. The molecule has 2 nitrogen and oxygen atoms in total. The quantitative estimate of drug-likeness (QED) is 0.500. The third kappa shape index (κ3) is 3.46. The van der Waals surface area contributed by atoms with E-state index in [1.165, 1.54) is 0 Å². The number of alkyl halides is 6. The van der Waals surface area contributed by atoms with E-state index in [2.05, 4.69) is 6.08 Å². The molecule has 116 valence electrons. The lowest BCUT2D eigenvalue weighted by Crippen LogP contribution is -2.39. The second-order valence-corrected chi connectivity index (χ2v) is 5.34. The van der Waals surface area contributed by atoms with Gasteiger partial charge in [-0.25, -0.2) is 0 Å². The number of hydrogen-bond donors (Lipinski definition) is 0. The highest BCUT2D eigenvalue weighted by Crippen LogP contribution is 2.52. The molecule has 3 rings (SSSR count). The topological polar surface area (TPSA) is 18.5 Å². The molecule has 8 heteroatoms. The minimum Gasteiger partial charge on any atom is -0.342 e. The molecule has 4 unspecified atom stereocenters. The molecule has 2 bridgehead atoms.